The third-order valence-electron chi connectivity index (χ3n) is 2.99. The number of morpholine rings is 1. The molecule has 2 rings (SSSR count). The largest absolute Gasteiger partial charge is 0.404 e. The predicted octanol–water partition coefficient (Wildman–Crippen LogP) is 1.70. The van der Waals surface area contributed by atoms with E-state index in [4.69, 9.17) is 4.74 Å². The number of halogens is 3. The highest BCUT2D eigenvalue weighted by Gasteiger charge is 2.40. The molecule has 1 aliphatic heterocycles. The van der Waals surface area contributed by atoms with Crippen LogP contribution in [0.15, 0.2) is 30.3 Å². The first-order chi connectivity index (χ1) is 9.05. The first-order valence-corrected chi connectivity index (χ1v) is 6.25. The van der Waals surface area contributed by atoms with Crippen molar-refractivity contribution < 1.29 is 17.9 Å². The third kappa shape index (κ3) is 4.49. The summed E-state index contributed by atoms with van der Waals surface area (Å²) < 4.78 is 44.3. The summed E-state index contributed by atoms with van der Waals surface area (Å²) in [6.45, 7) is 1.49. The van der Waals surface area contributed by atoms with Crippen molar-refractivity contribution >= 4 is 0 Å². The maximum Gasteiger partial charge on any atom is 0.404 e. The lowest BCUT2D eigenvalue weighted by Gasteiger charge is -2.30. The third-order valence-corrected chi connectivity index (χ3v) is 2.99. The zero-order valence-corrected chi connectivity index (χ0v) is 10.4. The molecule has 0 spiro atoms. The van der Waals surface area contributed by atoms with Crippen LogP contribution in [0.2, 0.25) is 0 Å². The van der Waals surface area contributed by atoms with E-state index < -0.39 is 18.4 Å². The average Bonchev–Trinajstić information content (AvgIpc) is 2.39. The Hall–Kier alpha value is -1.11. The first kappa shape index (κ1) is 14.3. The van der Waals surface area contributed by atoms with E-state index in [1.165, 1.54) is 0 Å². The Balaban J connectivity index is 1.99. The molecule has 0 bridgehead atoms. The smallest absolute Gasteiger partial charge is 0.361 e. The topological polar surface area (TPSA) is 33.3 Å². The van der Waals surface area contributed by atoms with E-state index in [2.05, 4.69) is 10.6 Å². The summed E-state index contributed by atoms with van der Waals surface area (Å²) in [6.07, 6.45) is -4.98. The fraction of sp³-hybridized carbons (Fsp3) is 0.538. The summed E-state index contributed by atoms with van der Waals surface area (Å²) in [5.74, 6) is 0. The fourth-order valence-electron chi connectivity index (χ4n) is 2.02. The zero-order chi connectivity index (χ0) is 13.7. The predicted molar refractivity (Wildman–Crippen MR) is 65.7 cm³/mol. The van der Waals surface area contributed by atoms with Gasteiger partial charge in [0.1, 0.15) is 12.3 Å². The van der Waals surface area contributed by atoms with Gasteiger partial charge in [0.2, 0.25) is 0 Å². The summed E-state index contributed by atoms with van der Waals surface area (Å²) in [5.41, 5.74) is 0.654. The van der Waals surface area contributed by atoms with Crippen molar-refractivity contribution in [1.29, 1.82) is 0 Å². The van der Waals surface area contributed by atoms with E-state index in [1.807, 2.05) is 0 Å². The van der Waals surface area contributed by atoms with Gasteiger partial charge in [-0.3, -0.25) is 5.32 Å². The summed E-state index contributed by atoms with van der Waals surface area (Å²) in [7, 11) is 0. The van der Waals surface area contributed by atoms with Crippen LogP contribution < -0.4 is 10.6 Å². The van der Waals surface area contributed by atoms with E-state index in [0.29, 0.717) is 25.3 Å². The van der Waals surface area contributed by atoms with Crippen molar-refractivity contribution in [2.24, 2.45) is 0 Å². The normalized spacial score (nSPS) is 22.2. The van der Waals surface area contributed by atoms with Gasteiger partial charge in [-0.1, -0.05) is 30.3 Å². The number of ether oxygens (including phenoxy) is 1. The van der Waals surface area contributed by atoms with Gasteiger partial charge in [0, 0.05) is 13.1 Å². The van der Waals surface area contributed by atoms with E-state index in [1.54, 1.807) is 30.3 Å². The molecule has 0 saturated carbocycles. The molecule has 1 saturated heterocycles. The number of alkyl halides is 3. The highest BCUT2D eigenvalue weighted by molar-refractivity contribution is 5.16. The molecule has 19 heavy (non-hydrogen) atoms. The van der Waals surface area contributed by atoms with Gasteiger partial charge >= 0.3 is 6.18 Å². The molecule has 1 aliphatic rings. The summed E-state index contributed by atoms with van der Waals surface area (Å²) in [4.78, 5) is 0. The summed E-state index contributed by atoms with van der Waals surface area (Å²) in [6, 6.07) is 7.05. The van der Waals surface area contributed by atoms with Crippen LogP contribution in [0.25, 0.3) is 0 Å². The molecule has 3 nitrogen and oxygen atoms in total. The minimum atomic E-state index is -4.29. The van der Waals surface area contributed by atoms with Gasteiger partial charge in [0.25, 0.3) is 0 Å². The van der Waals surface area contributed by atoms with E-state index in [-0.39, 0.29) is 6.42 Å². The van der Waals surface area contributed by atoms with E-state index in [9.17, 15) is 13.2 Å². The molecule has 2 unspecified atom stereocenters. The standard InChI is InChI=1S/C13H17F3N2O/c14-13(15,16)11(8-10-4-2-1-3-5-10)18-12-9-17-6-7-19-12/h1-5,11-12,17-18H,6-9H2. The number of benzene rings is 1. The first-order valence-electron chi connectivity index (χ1n) is 6.25. The highest BCUT2D eigenvalue weighted by atomic mass is 19.4. The van der Waals surface area contributed by atoms with Crippen LogP contribution in [0.4, 0.5) is 13.2 Å². The maximum absolute atomic E-state index is 13.0. The van der Waals surface area contributed by atoms with Crippen molar-refractivity contribution in [3.8, 4) is 0 Å². The number of hydrogen-bond donors (Lipinski definition) is 2. The van der Waals surface area contributed by atoms with Gasteiger partial charge in [-0.15, -0.1) is 0 Å². The van der Waals surface area contributed by atoms with Gasteiger partial charge in [0.15, 0.2) is 0 Å². The van der Waals surface area contributed by atoms with Crippen molar-refractivity contribution in [2.45, 2.75) is 24.9 Å². The van der Waals surface area contributed by atoms with Crippen LogP contribution in [0.5, 0.6) is 0 Å². The minimum Gasteiger partial charge on any atom is -0.361 e. The Labute approximate surface area is 110 Å². The van der Waals surface area contributed by atoms with Crippen LogP contribution >= 0.6 is 0 Å². The van der Waals surface area contributed by atoms with Crippen molar-refractivity contribution in [2.75, 3.05) is 19.7 Å². The Morgan fingerprint density at radius 3 is 2.63 bits per heavy atom. The molecular formula is C13H17F3N2O. The molecule has 6 heteroatoms. The Bertz CT molecular complexity index is 377. The molecule has 0 aliphatic carbocycles. The molecule has 106 valence electrons. The fourth-order valence-corrected chi connectivity index (χ4v) is 2.02. The van der Waals surface area contributed by atoms with Crippen LogP contribution in [0.1, 0.15) is 5.56 Å². The quantitative estimate of drug-likeness (QED) is 0.876. The van der Waals surface area contributed by atoms with Gasteiger partial charge in [-0.25, -0.2) is 0 Å². The SMILES string of the molecule is FC(F)(F)C(Cc1ccccc1)NC1CNCCO1. The minimum absolute atomic E-state index is 0.0931. The van der Waals surface area contributed by atoms with Gasteiger partial charge in [-0.05, 0) is 12.0 Å². The Morgan fingerprint density at radius 2 is 2.05 bits per heavy atom. The molecule has 1 heterocycles. The Kier molecular flexibility index (Phi) is 4.79. The second-order valence-corrected chi connectivity index (χ2v) is 4.51. The molecule has 0 aromatic heterocycles. The van der Waals surface area contributed by atoms with Crippen LogP contribution in [-0.4, -0.2) is 38.1 Å². The Morgan fingerprint density at radius 1 is 1.32 bits per heavy atom. The number of rotatable bonds is 4. The van der Waals surface area contributed by atoms with Crippen LogP contribution in [0.3, 0.4) is 0 Å². The summed E-state index contributed by atoms with van der Waals surface area (Å²) >= 11 is 0. The molecule has 2 atom stereocenters. The lowest BCUT2D eigenvalue weighted by atomic mass is 10.1. The number of hydrogen-bond acceptors (Lipinski definition) is 3. The molecular weight excluding hydrogens is 257 g/mol. The average molecular weight is 274 g/mol. The maximum atomic E-state index is 13.0. The van der Waals surface area contributed by atoms with Crippen LogP contribution in [0, 0.1) is 0 Å². The van der Waals surface area contributed by atoms with Crippen molar-refractivity contribution in [1.82, 2.24) is 10.6 Å². The zero-order valence-electron chi connectivity index (χ0n) is 10.4. The second kappa shape index (κ2) is 6.36. The molecule has 1 fully saturated rings. The molecule has 1 aromatic rings. The van der Waals surface area contributed by atoms with Gasteiger partial charge in [-0.2, -0.15) is 13.2 Å². The highest BCUT2D eigenvalue weighted by Crippen LogP contribution is 2.23. The van der Waals surface area contributed by atoms with Crippen LogP contribution in [-0.2, 0) is 11.2 Å². The summed E-state index contributed by atoms with van der Waals surface area (Å²) in [5, 5.41) is 5.54. The molecule has 2 N–H and O–H groups in total. The molecule has 1 aromatic carbocycles. The molecule has 0 amide bonds. The van der Waals surface area contributed by atoms with Crippen molar-refractivity contribution in [3.05, 3.63) is 35.9 Å². The van der Waals surface area contributed by atoms with Gasteiger partial charge < -0.3 is 10.1 Å². The molecule has 0 radical (unpaired) electrons. The van der Waals surface area contributed by atoms with E-state index >= 15 is 0 Å². The van der Waals surface area contributed by atoms with Crippen molar-refractivity contribution in [3.63, 3.8) is 0 Å². The lowest BCUT2D eigenvalue weighted by molar-refractivity contribution is -0.167. The van der Waals surface area contributed by atoms with Gasteiger partial charge in [0.05, 0.1) is 6.61 Å². The monoisotopic (exact) mass is 274 g/mol. The van der Waals surface area contributed by atoms with E-state index in [0.717, 1.165) is 0 Å². The lowest BCUT2D eigenvalue weighted by Crippen LogP contribution is -2.55. The second-order valence-electron chi connectivity index (χ2n) is 4.51. The number of nitrogens with one attached hydrogen (secondary N) is 2.